The average molecular weight is 270 g/mol. The molecule has 0 radical (unpaired) electrons. The zero-order chi connectivity index (χ0) is 14.0. The van der Waals surface area contributed by atoms with Crippen LogP contribution < -0.4 is 9.47 Å². The molecule has 1 aliphatic heterocycles. The first kappa shape index (κ1) is 12.7. The topological polar surface area (TPSA) is 48.1 Å². The first-order valence-electron chi connectivity index (χ1n) is 6.35. The van der Waals surface area contributed by atoms with Crippen LogP contribution in [-0.4, -0.2) is 18.4 Å². The highest BCUT2D eigenvalue weighted by molar-refractivity contribution is 5.90. The largest absolute Gasteiger partial charge is 0.460 e. The summed E-state index contributed by atoms with van der Waals surface area (Å²) < 4.78 is 16.0. The molecule has 2 aromatic carbocycles. The summed E-state index contributed by atoms with van der Waals surface area (Å²) in [5, 5.41) is 0. The average Bonchev–Trinajstić information content (AvgIpc) is 3.19. The Morgan fingerprint density at radius 1 is 1.05 bits per heavy atom. The summed E-state index contributed by atoms with van der Waals surface area (Å²) in [7, 11) is 0. The Bertz CT molecular complexity index is 600. The zero-order valence-corrected chi connectivity index (χ0v) is 11.0. The van der Waals surface area contributed by atoms with Crippen LogP contribution in [-0.2, 0) is 4.74 Å². The monoisotopic (exact) mass is 270 g/mol. The van der Waals surface area contributed by atoms with Crippen LogP contribution in [0.4, 0.5) is 0 Å². The summed E-state index contributed by atoms with van der Waals surface area (Å²) in [6.45, 7) is 2.47. The van der Waals surface area contributed by atoms with Crippen LogP contribution in [0.1, 0.15) is 17.3 Å². The van der Waals surface area contributed by atoms with Gasteiger partial charge in [-0.1, -0.05) is 18.2 Å². The smallest absolute Gasteiger partial charge is 0.343 e. The Morgan fingerprint density at radius 3 is 2.25 bits per heavy atom. The number of carbonyl (C=O) groups excluding carboxylic acids is 1. The van der Waals surface area contributed by atoms with Crippen LogP contribution in [0.3, 0.4) is 0 Å². The van der Waals surface area contributed by atoms with Crippen molar-refractivity contribution in [2.45, 2.75) is 12.7 Å². The van der Waals surface area contributed by atoms with Crippen LogP contribution in [0, 0.1) is 0 Å². The van der Waals surface area contributed by atoms with Gasteiger partial charge in [-0.3, -0.25) is 0 Å². The Kier molecular flexibility index (Phi) is 3.16. The molecule has 2 aromatic rings. The molecule has 20 heavy (non-hydrogen) atoms. The summed E-state index contributed by atoms with van der Waals surface area (Å²) in [6, 6.07) is 15.8. The van der Waals surface area contributed by atoms with Crippen molar-refractivity contribution in [1.82, 2.24) is 0 Å². The van der Waals surface area contributed by atoms with E-state index in [4.69, 9.17) is 14.2 Å². The lowest BCUT2D eigenvalue weighted by Crippen LogP contribution is -2.14. The Labute approximate surface area is 116 Å². The van der Waals surface area contributed by atoms with Crippen molar-refractivity contribution < 1.29 is 19.0 Å². The molecule has 0 aromatic heterocycles. The zero-order valence-electron chi connectivity index (χ0n) is 11.0. The standard InChI is InChI=1S/C16H14O4/c1-16(11-18-16)20-14-9-7-13(8-10-14)19-15(17)12-5-3-2-4-6-12/h2-10H,11H2,1H3/t16-/m0/s1. The summed E-state index contributed by atoms with van der Waals surface area (Å²) in [5.41, 5.74) is 0.520. The molecule has 102 valence electrons. The summed E-state index contributed by atoms with van der Waals surface area (Å²) in [6.07, 6.45) is 0. The van der Waals surface area contributed by atoms with E-state index < -0.39 is 5.79 Å². The van der Waals surface area contributed by atoms with E-state index in [2.05, 4.69) is 0 Å². The molecule has 0 amide bonds. The SMILES string of the molecule is C[C@]1(Oc2ccc(OC(=O)c3ccccc3)cc2)CO1. The lowest BCUT2D eigenvalue weighted by atomic mass is 10.2. The molecule has 1 aliphatic rings. The lowest BCUT2D eigenvalue weighted by molar-refractivity contribution is 0.0728. The van der Waals surface area contributed by atoms with Crippen LogP contribution in [0.2, 0.25) is 0 Å². The van der Waals surface area contributed by atoms with E-state index in [0.29, 0.717) is 23.7 Å². The van der Waals surface area contributed by atoms with Gasteiger partial charge in [0, 0.05) is 6.92 Å². The highest BCUT2D eigenvalue weighted by Crippen LogP contribution is 2.30. The minimum Gasteiger partial charge on any atom is -0.460 e. The van der Waals surface area contributed by atoms with Crippen LogP contribution in [0.5, 0.6) is 11.5 Å². The van der Waals surface area contributed by atoms with E-state index in [1.54, 1.807) is 48.5 Å². The summed E-state index contributed by atoms with van der Waals surface area (Å²) in [4.78, 5) is 11.9. The molecular formula is C16H14O4. The molecular weight excluding hydrogens is 256 g/mol. The molecule has 4 nitrogen and oxygen atoms in total. The summed E-state index contributed by atoms with van der Waals surface area (Å²) in [5.74, 6) is 0.289. The van der Waals surface area contributed by atoms with Crippen molar-refractivity contribution in [3.05, 3.63) is 60.2 Å². The van der Waals surface area contributed by atoms with Gasteiger partial charge in [-0.2, -0.15) is 0 Å². The molecule has 4 heteroatoms. The lowest BCUT2D eigenvalue weighted by Gasteiger charge is -2.10. The van der Waals surface area contributed by atoms with Gasteiger partial charge in [0.15, 0.2) is 0 Å². The molecule has 1 heterocycles. The molecule has 0 N–H and O–H groups in total. The van der Waals surface area contributed by atoms with Gasteiger partial charge in [0.25, 0.3) is 0 Å². The second-order valence-corrected chi connectivity index (χ2v) is 4.75. The van der Waals surface area contributed by atoms with Gasteiger partial charge in [-0.15, -0.1) is 0 Å². The number of epoxide rings is 1. The number of hydrogen-bond acceptors (Lipinski definition) is 4. The third-order valence-corrected chi connectivity index (χ3v) is 2.93. The molecule has 0 spiro atoms. The van der Waals surface area contributed by atoms with Crippen molar-refractivity contribution in [2.24, 2.45) is 0 Å². The minimum atomic E-state index is -0.498. The maximum absolute atomic E-state index is 11.9. The van der Waals surface area contributed by atoms with E-state index in [1.165, 1.54) is 0 Å². The van der Waals surface area contributed by atoms with Gasteiger partial charge in [0.05, 0.1) is 5.56 Å². The van der Waals surface area contributed by atoms with Crippen LogP contribution >= 0.6 is 0 Å². The molecule has 0 bridgehead atoms. The number of rotatable bonds is 4. The van der Waals surface area contributed by atoms with E-state index in [0.717, 1.165) is 0 Å². The second kappa shape index (κ2) is 4.98. The van der Waals surface area contributed by atoms with E-state index in [9.17, 15) is 4.79 Å². The number of benzene rings is 2. The predicted octanol–water partition coefficient (Wildman–Crippen LogP) is 3.03. The summed E-state index contributed by atoms with van der Waals surface area (Å²) >= 11 is 0. The third kappa shape index (κ3) is 2.97. The van der Waals surface area contributed by atoms with Crippen LogP contribution in [0.25, 0.3) is 0 Å². The van der Waals surface area contributed by atoms with Gasteiger partial charge < -0.3 is 14.2 Å². The van der Waals surface area contributed by atoms with E-state index in [-0.39, 0.29) is 5.97 Å². The molecule has 3 rings (SSSR count). The van der Waals surface area contributed by atoms with Crippen molar-refractivity contribution in [3.8, 4) is 11.5 Å². The Morgan fingerprint density at radius 2 is 1.65 bits per heavy atom. The normalized spacial score (nSPS) is 20.2. The molecule has 0 aliphatic carbocycles. The molecule has 1 saturated heterocycles. The molecule has 1 fully saturated rings. The molecule has 0 saturated carbocycles. The van der Waals surface area contributed by atoms with Crippen molar-refractivity contribution in [1.29, 1.82) is 0 Å². The first-order valence-corrected chi connectivity index (χ1v) is 6.35. The number of carbonyl (C=O) groups is 1. The Hall–Kier alpha value is -2.33. The van der Waals surface area contributed by atoms with Gasteiger partial charge in [0.2, 0.25) is 5.79 Å². The second-order valence-electron chi connectivity index (χ2n) is 4.75. The minimum absolute atomic E-state index is 0.378. The maximum Gasteiger partial charge on any atom is 0.343 e. The molecule has 0 unspecified atom stereocenters. The van der Waals surface area contributed by atoms with Crippen molar-refractivity contribution in [3.63, 3.8) is 0 Å². The number of esters is 1. The van der Waals surface area contributed by atoms with Gasteiger partial charge in [0.1, 0.15) is 18.1 Å². The number of ether oxygens (including phenoxy) is 3. The third-order valence-electron chi connectivity index (χ3n) is 2.93. The van der Waals surface area contributed by atoms with Gasteiger partial charge >= 0.3 is 5.97 Å². The fourth-order valence-corrected chi connectivity index (χ4v) is 1.73. The van der Waals surface area contributed by atoms with Crippen LogP contribution in [0.15, 0.2) is 54.6 Å². The fourth-order valence-electron chi connectivity index (χ4n) is 1.73. The number of hydrogen-bond donors (Lipinski definition) is 0. The van der Waals surface area contributed by atoms with Crippen molar-refractivity contribution in [2.75, 3.05) is 6.61 Å². The Balaban J connectivity index is 1.64. The maximum atomic E-state index is 11.9. The fraction of sp³-hybridized carbons (Fsp3) is 0.188. The quantitative estimate of drug-likeness (QED) is 0.487. The van der Waals surface area contributed by atoms with E-state index in [1.807, 2.05) is 13.0 Å². The van der Waals surface area contributed by atoms with Gasteiger partial charge in [-0.05, 0) is 36.4 Å². The molecule has 1 atom stereocenters. The highest BCUT2D eigenvalue weighted by atomic mass is 16.8. The highest BCUT2D eigenvalue weighted by Gasteiger charge is 2.42. The van der Waals surface area contributed by atoms with Gasteiger partial charge in [-0.25, -0.2) is 4.79 Å². The predicted molar refractivity (Wildman–Crippen MR) is 72.8 cm³/mol. The van der Waals surface area contributed by atoms with E-state index >= 15 is 0 Å². The van der Waals surface area contributed by atoms with Crippen molar-refractivity contribution >= 4 is 5.97 Å². The first-order chi connectivity index (χ1) is 9.65.